The molecule has 2 heterocycles. The summed E-state index contributed by atoms with van der Waals surface area (Å²) in [6.07, 6.45) is 4.36. The molecule has 0 atom stereocenters. The van der Waals surface area contributed by atoms with E-state index in [1.54, 1.807) is 0 Å². The van der Waals surface area contributed by atoms with Crippen molar-refractivity contribution in [1.29, 1.82) is 0 Å². The molecule has 0 aromatic carbocycles. The molecule has 1 fully saturated rings. The highest BCUT2D eigenvalue weighted by atomic mass is 15.3. The molecule has 0 bridgehead atoms. The van der Waals surface area contributed by atoms with Crippen LogP contribution in [0.4, 0.5) is 5.82 Å². The Morgan fingerprint density at radius 1 is 1.14 bits per heavy atom. The highest BCUT2D eigenvalue weighted by Gasteiger charge is 2.29. The van der Waals surface area contributed by atoms with E-state index < -0.39 is 0 Å². The monoisotopic (exact) mass is 290 g/mol. The van der Waals surface area contributed by atoms with Crippen LogP contribution in [0.1, 0.15) is 26.7 Å². The van der Waals surface area contributed by atoms with Crippen molar-refractivity contribution < 1.29 is 0 Å². The van der Waals surface area contributed by atoms with Gasteiger partial charge in [-0.05, 0) is 37.4 Å². The molecule has 1 aromatic heterocycles. The van der Waals surface area contributed by atoms with Crippen LogP contribution in [0.2, 0.25) is 0 Å². The van der Waals surface area contributed by atoms with Gasteiger partial charge < -0.3 is 10.2 Å². The number of hydrogen-bond donors (Lipinski definition) is 1. The number of pyridine rings is 1. The Hall–Kier alpha value is -1.13. The number of nitrogens with one attached hydrogen (secondary N) is 1. The molecule has 1 aromatic rings. The number of nitrogens with zero attached hydrogens (tertiary/aromatic N) is 3. The van der Waals surface area contributed by atoms with Crippen LogP contribution >= 0.6 is 0 Å². The van der Waals surface area contributed by atoms with E-state index in [0.29, 0.717) is 5.41 Å². The van der Waals surface area contributed by atoms with E-state index in [1.165, 1.54) is 19.4 Å². The van der Waals surface area contributed by atoms with E-state index in [9.17, 15) is 0 Å². The summed E-state index contributed by atoms with van der Waals surface area (Å²) in [7, 11) is 2.07. The number of rotatable bonds is 7. The third-order valence-corrected chi connectivity index (χ3v) is 4.96. The molecule has 1 N–H and O–H groups in total. The Morgan fingerprint density at radius 2 is 1.86 bits per heavy atom. The van der Waals surface area contributed by atoms with Gasteiger partial charge in [0.05, 0.1) is 0 Å². The summed E-state index contributed by atoms with van der Waals surface area (Å²) in [6.45, 7) is 11.4. The Morgan fingerprint density at radius 3 is 2.38 bits per heavy atom. The average molecular weight is 290 g/mol. The molecule has 1 saturated heterocycles. The molecular weight excluding hydrogens is 260 g/mol. The van der Waals surface area contributed by atoms with Gasteiger partial charge in [0, 0.05) is 45.5 Å². The minimum Gasteiger partial charge on any atom is -0.354 e. The maximum atomic E-state index is 4.46. The number of aromatic nitrogens is 1. The van der Waals surface area contributed by atoms with Crippen LogP contribution in [0.25, 0.3) is 0 Å². The van der Waals surface area contributed by atoms with Gasteiger partial charge in [0.2, 0.25) is 0 Å². The van der Waals surface area contributed by atoms with Crippen molar-refractivity contribution in [2.75, 3.05) is 51.2 Å². The second-order valence-electron chi connectivity index (χ2n) is 6.19. The normalized spacial score (nSPS) is 17.2. The smallest absolute Gasteiger partial charge is 0.128 e. The average Bonchev–Trinajstić information content (AvgIpc) is 2.56. The van der Waals surface area contributed by atoms with Gasteiger partial charge in [0.1, 0.15) is 5.82 Å². The Balaban J connectivity index is 1.89. The number of hydrogen-bond acceptors (Lipinski definition) is 4. The van der Waals surface area contributed by atoms with Crippen molar-refractivity contribution in [2.24, 2.45) is 5.41 Å². The Labute approximate surface area is 129 Å². The molecule has 0 saturated carbocycles. The van der Waals surface area contributed by atoms with Crippen molar-refractivity contribution in [3.05, 3.63) is 24.4 Å². The zero-order chi connectivity index (χ0) is 15.1. The largest absolute Gasteiger partial charge is 0.354 e. The van der Waals surface area contributed by atoms with Gasteiger partial charge in [-0.25, -0.2) is 4.98 Å². The predicted molar refractivity (Wildman–Crippen MR) is 89.8 cm³/mol. The van der Waals surface area contributed by atoms with Gasteiger partial charge in [-0.1, -0.05) is 19.9 Å². The van der Waals surface area contributed by atoms with E-state index in [0.717, 1.165) is 38.5 Å². The summed E-state index contributed by atoms with van der Waals surface area (Å²) < 4.78 is 0. The zero-order valence-corrected chi connectivity index (χ0v) is 13.8. The maximum Gasteiger partial charge on any atom is 0.128 e. The van der Waals surface area contributed by atoms with Crippen molar-refractivity contribution >= 4 is 5.82 Å². The second-order valence-corrected chi connectivity index (χ2v) is 6.19. The SMILES string of the molecule is CCC(CC)(CNC)CN1CCN(c2ccccn2)CC1. The summed E-state index contributed by atoms with van der Waals surface area (Å²) in [5.41, 5.74) is 0.419. The fraction of sp³-hybridized carbons (Fsp3) is 0.706. The first-order chi connectivity index (χ1) is 10.2. The van der Waals surface area contributed by atoms with Gasteiger partial charge in [-0.2, -0.15) is 0 Å². The molecule has 0 radical (unpaired) electrons. The van der Waals surface area contributed by atoms with Gasteiger partial charge in [-0.3, -0.25) is 4.90 Å². The Kier molecular flexibility index (Phi) is 6.00. The lowest BCUT2D eigenvalue weighted by molar-refractivity contribution is 0.131. The maximum absolute atomic E-state index is 4.46. The van der Waals surface area contributed by atoms with Crippen molar-refractivity contribution in [2.45, 2.75) is 26.7 Å². The number of piperazine rings is 1. The minimum atomic E-state index is 0.419. The van der Waals surface area contributed by atoms with Crippen LogP contribution in [-0.2, 0) is 0 Å². The van der Waals surface area contributed by atoms with Gasteiger partial charge in [-0.15, -0.1) is 0 Å². The van der Waals surface area contributed by atoms with E-state index in [2.05, 4.69) is 53.1 Å². The van der Waals surface area contributed by atoms with Crippen LogP contribution in [0, 0.1) is 5.41 Å². The zero-order valence-electron chi connectivity index (χ0n) is 13.8. The van der Waals surface area contributed by atoms with E-state index in [1.807, 2.05) is 12.3 Å². The fourth-order valence-electron chi connectivity index (χ4n) is 3.30. The van der Waals surface area contributed by atoms with Crippen LogP contribution in [0.15, 0.2) is 24.4 Å². The van der Waals surface area contributed by atoms with E-state index in [-0.39, 0.29) is 0 Å². The molecule has 1 aliphatic rings. The van der Waals surface area contributed by atoms with Crippen molar-refractivity contribution in [1.82, 2.24) is 15.2 Å². The van der Waals surface area contributed by atoms with Gasteiger partial charge in [0.25, 0.3) is 0 Å². The summed E-state index contributed by atoms with van der Waals surface area (Å²) in [6, 6.07) is 6.16. The molecule has 4 nitrogen and oxygen atoms in total. The van der Waals surface area contributed by atoms with Crippen molar-refractivity contribution in [3.8, 4) is 0 Å². The molecule has 0 amide bonds. The van der Waals surface area contributed by atoms with Gasteiger partial charge >= 0.3 is 0 Å². The minimum absolute atomic E-state index is 0.419. The molecule has 118 valence electrons. The topological polar surface area (TPSA) is 31.4 Å². The van der Waals surface area contributed by atoms with Crippen LogP contribution in [0.3, 0.4) is 0 Å². The van der Waals surface area contributed by atoms with Crippen molar-refractivity contribution in [3.63, 3.8) is 0 Å². The molecule has 0 spiro atoms. The summed E-state index contributed by atoms with van der Waals surface area (Å²) in [4.78, 5) is 9.49. The third-order valence-electron chi connectivity index (χ3n) is 4.96. The summed E-state index contributed by atoms with van der Waals surface area (Å²) >= 11 is 0. The molecule has 4 heteroatoms. The first kappa shape index (κ1) is 16.2. The summed E-state index contributed by atoms with van der Waals surface area (Å²) in [5.74, 6) is 1.12. The molecule has 0 aliphatic carbocycles. The predicted octanol–water partition coefficient (Wildman–Crippen LogP) is 2.23. The fourth-order valence-corrected chi connectivity index (χ4v) is 3.30. The highest BCUT2D eigenvalue weighted by Crippen LogP contribution is 2.27. The number of anilines is 1. The Bertz CT molecular complexity index is 395. The quantitative estimate of drug-likeness (QED) is 0.834. The lowest BCUT2D eigenvalue weighted by atomic mass is 9.81. The molecule has 0 unspecified atom stereocenters. The first-order valence-electron chi connectivity index (χ1n) is 8.26. The molecule has 2 rings (SSSR count). The lowest BCUT2D eigenvalue weighted by Gasteiger charge is -2.41. The first-order valence-corrected chi connectivity index (χ1v) is 8.26. The third kappa shape index (κ3) is 4.17. The van der Waals surface area contributed by atoms with Crippen LogP contribution in [-0.4, -0.2) is 56.2 Å². The highest BCUT2D eigenvalue weighted by molar-refractivity contribution is 5.38. The van der Waals surface area contributed by atoms with Gasteiger partial charge in [0.15, 0.2) is 0 Å². The lowest BCUT2D eigenvalue weighted by Crippen LogP contribution is -2.51. The van der Waals surface area contributed by atoms with E-state index in [4.69, 9.17) is 0 Å². The second kappa shape index (κ2) is 7.76. The summed E-state index contributed by atoms with van der Waals surface area (Å²) in [5, 5.41) is 3.39. The van der Waals surface area contributed by atoms with Crippen LogP contribution < -0.4 is 10.2 Å². The molecule has 1 aliphatic heterocycles. The van der Waals surface area contributed by atoms with E-state index >= 15 is 0 Å². The molecule has 21 heavy (non-hydrogen) atoms. The van der Waals surface area contributed by atoms with Crippen LogP contribution in [0.5, 0.6) is 0 Å². The molecular formula is C17H30N4. The standard InChI is InChI=1S/C17H30N4/c1-4-17(5-2,14-18-3)15-20-10-12-21(13-11-20)16-8-6-7-9-19-16/h6-9,18H,4-5,10-15H2,1-3H3.